The van der Waals surface area contributed by atoms with Crippen LogP contribution < -0.4 is 5.73 Å². The normalized spacial score (nSPS) is 11.1. The quantitative estimate of drug-likeness (QED) is 0.508. The fraction of sp³-hybridized carbons (Fsp3) is 0. The third-order valence-electron chi connectivity index (χ3n) is 4.55. The van der Waals surface area contributed by atoms with Crippen molar-refractivity contribution >= 4 is 27.8 Å². The first-order chi connectivity index (χ1) is 13.3. The smallest absolute Gasteiger partial charge is 0.221 e. The lowest BCUT2D eigenvalue weighted by atomic mass is 10.0. The van der Waals surface area contributed by atoms with Crippen LogP contribution in [0.5, 0.6) is 0 Å². The van der Waals surface area contributed by atoms with Crippen LogP contribution in [0.1, 0.15) is 0 Å². The van der Waals surface area contributed by atoms with Gasteiger partial charge in [-0.1, -0.05) is 54.6 Å². The molecular weight excluding hydrogens is 334 g/mol. The molecule has 27 heavy (non-hydrogen) atoms. The Labute approximate surface area is 155 Å². The fourth-order valence-corrected chi connectivity index (χ4v) is 3.30. The molecule has 0 aliphatic carbocycles. The maximum absolute atomic E-state index is 5.93. The molecule has 0 saturated heterocycles. The molecule has 5 heteroatoms. The van der Waals surface area contributed by atoms with Crippen molar-refractivity contribution in [2.45, 2.75) is 0 Å². The molecule has 0 bridgehead atoms. The highest BCUT2D eigenvalue weighted by atomic mass is 15.0. The monoisotopic (exact) mass is 349 g/mol. The molecule has 0 radical (unpaired) electrons. The minimum Gasteiger partial charge on any atom is -0.368 e. The summed E-state index contributed by atoms with van der Waals surface area (Å²) in [4.78, 5) is 18.1. The van der Waals surface area contributed by atoms with Crippen molar-refractivity contribution in [3.63, 3.8) is 0 Å². The maximum Gasteiger partial charge on any atom is 0.221 e. The van der Waals surface area contributed by atoms with Crippen LogP contribution in [-0.4, -0.2) is 19.9 Å². The highest BCUT2D eigenvalue weighted by Gasteiger charge is 2.13. The van der Waals surface area contributed by atoms with E-state index >= 15 is 0 Å². The zero-order valence-corrected chi connectivity index (χ0v) is 14.4. The van der Waals surface area contributed by atoms with Gasteiger partial charge in [-0.2, -0.15) is 0 Å². The molecule has 5 aromatic rings. The number of benzene rings is 2. The highest BCUT2D eigenvalue weighted by molar-refractivity contribution is 5.97. The van der Waals surface area contributed by atoms with Crippen molar-refractivity contribution in [3.8, 4) is 22.5 Å². The Kier molecular flexibility index (Phi) is 3.50. The molecule has 2 aromatic carbocycles. The lowest BCUT2D eigenvalue weighted by Gasteiger charge is -2.09. The van der Waals surface area contributed by atoms with Crippen molar-refractivity contribution in [1.82, 2.24) is 19.9 Å². The molecule has 2 N–H and O–H groups in total. The largest absolute Gasteiger partial charge is 0.368 e. The molecule has 0 fully saturated rings. The first-order valence-corrected chi connectivity index (χ1v) is 8.62. The molecular formula is C22H15N5. The third kappa shape index (κ3) is 2.66. The first-order valence-electron chi connectivity index (χ1n) is 8.62. The second kappa shape index (κ2) is 6.14. The van der Waals surface area contributed by atoms with Gasteiger partial charge in [-0.05, 0) is 17.5 Å². The van der Waals surface area contributed by atoms with Crippen LogP contribution in [0, 0.1) is 0 Å². The van der Waals surface area contributed by atoms with Crippen LogP contribution in [0.2, 0.25) is 0 Å². The Bertz CT molecular complexity index is 1280. The van der Waals surface area contributed by atoms with Crippen molar-refractivity contribution in [2.24, 2.45) is 0 Å². The van der Waals surface area contributed by atoms with E-state index in [1.54, 1.807) is 0 Å². The number of anilines is 1. The number of rotatable bonds is 2. The molecule has 0 saturated carbocycles. The minimum absolute atomic E-state index is 0.239. The van der Waals surface area contributed by atoms with Gasteiger partial charge in [-0.25, -0.2) is 15.0 Å². The average molecular weight is 349 g/mol. The summed E-state index contributed by atoms with van der Waals surface area (Å²) in [5.41, 5.74) is 10.9. The summed E-state index contributed by atoms with van der Waals surface area (Å²) in [6.45, 7) is 0. The SMILES string of the molecule is Nc1nc(-c2ccccc2)c2nc(-c3cncc4ccccc34)ccc2n1. The lowest BCUT2D eigenvalue weighted by molar-refractivity contribution is 1.21. The molecule has 0 unspecified atom stereocenters. The van der Waals surface area contributed by atoms with Gasteiger partial charge < -0.3 is 5.73 Å². The second-order valence-electron chi connectivity index (χ2n) is 6.27. The van der Waals surface area contributed by atoms with Crippen molar-refractivity contribution < 1.29 is 0 Å². The summed E-state index contributed by atoms with van der Waals surface area (Å²) < 4.78 is 0. The number of nitrogens with two attached hydrogens (primary N) is 1. The topological polar surface area (TPSA) is 77.6 Å². The summed E-state index contributed by atoms with van der Waals surface area (Å²) in [5.74, 6) is 0.239. The predicted molar refractivity (Wildman–Crippen MR) is 108 cm³/mol. The fourth-order valence-electron chi connectivity index (χ4n) is 3.30. The predicted octanol–water partition coefficient (Wildman–Crippen LogP) is 4.49. The van der Waals surface area contributed by atoms with E-state index in [1.165, 1.54) is 0 Å². The number of hydrogen-bond acceptors (Lipinski definition) is 5. The zero-order valence-electron chi connectivity index (χ0n) is 14.4. The van der Waals surface area contributed by atoms with Crippen LogP contribution in [0.25, 0.3) is 44.3 Å². The van der Waals surface area contributed by atoms with Gasteiger partial charge in [0.05, 0.1) is 11.2 Å². The molecule has 0 spiro atoms. The molecule has 5 nitrogen and oxygen atoms in total. The number of nitrogens with zero attached hydrogens (tertiary/aromatic N) is 4. The second-order valence-corrected chi connectivity index (χ2v) is 6.27. The van der Waals surface area contributed by atoms with Crippen LogP contribution in [0.3, 0.4) is 0 Å². The van der Waals surface area contributed by atoms with E-state index in [0.29, 0.717) is 0 Å². The molecule has 0 amide bonds. The minimum atomic E-state index is 0.239. The molecule has 3 aromatic heterocycles. The van der Waals surface area contributed by atoms with Crippen LogP contribution in [0.4, 0.5) is 5.95 Å². The van der Waals surface area contributed by atoms with Crippen LogP contribution >= 0.6 is 0 Å². The first kappa shape index (κ1) is 15.4. The third-order valence-corrected chi connectivity index (χ3v) is 4.55. The van der Waals surface area contributed by atoms with E-state index in [0.717, 1.165) is 44.3 Å². The zero-order chi connectivity index (χ0) is 18.2. The van der Waals surface area contributed by atoms with Gasteiger partial charge in [0.2, 0.25) is 5.95 Å². The van der Waals surface area contributed by atoms with E-state index in [9.17, 15) is 0 Å². The number of aromatic nitrogens is 4. The number of nitrogen functional groups attached to an aromatic ring is 1. The van der Waals surface area contributed by atoms with Gasteiger partial charge in [0, 0.05) is 28.9 Å². The summed E-state index contributed by atoms with van der Waals surface area (Å²) in [6.07, 6.45) is 3.70. The lowest BCUT2D eigenvalue weighted by Crippen LogP contribution is -2.00. The van der Waals surface area contributed by atoms with Gasteiger partial charge in [-0.15, -0.1) is 0 Å². The van der Waals surface area contributed by atoms with Crippen molar-refractivity contribution in [3.05, 3.63) is 79.1 Å². The summed E-state index contributed by atoms with van der Waals surface area (Å²) in [7, 11) is 0. The van der Waals surface area contributed by atoms with E-state index in [2.05, 4.69) is 21.0 Å². The molecule has 0 aliphatic heterocycles. The Morgan fingerprint density at radius 1 is 0.704 bits per heavy atom. The molecule has 128 valence electrons. The Morgan fingerprint density at radius 3 is 2.41 bits per heavy atom. The van der Waals surface area contributed by atoms with E-state index in [1.807, 2.05) is 73.1 Å². The number of hydrogen-bond donors (Lipinski definition) is 1. The van der Waals surface area contributed by atoms with Gasteiger partial charge in [0.25, 0.3) is 0 Å². The molecule has 5 rings (SSSR count). The summed E-state index contributed by atoms with van der Waals surface area (Å²) >= 11 is 0. The van der Waals surface area contributed by atoms with E-state index in [-0.39, 0.29) is 5.95 Å². The average Bonchev–Trinajstić information content (AvgIpc) is 2.73. The number of pyridine rings is 2. The summed E-state index contributed by atoms with van der Waals surface area (Å²) in [5, 5.41) is 2.19. The molecule has 3 heterocycles. The molecule has 0 atom stereocenters. The van der Waals surface area contributed by atoms with Crippen molar-refractivity contribution in [2.75, 3.05) is 5.73 Å². The van der Waals surface area contributed by atoms with Crippen LogP contribution in [-0.2, 0) is 0 Å². The standard InChI is InChI=1S/C22H15N5/c23-22-26-19-11-10-18(17-13-24-12-15-8-4-5-9-16(15)17)25-21(19)20(27-22)14-6-2-1-3-7-14/h1-13H,(H2,23,26,27). The van der Waals surface area contributed by atoms with Gasteiger partial charge in [0.1, 0.15) is 11.2 Å². The Hall–Kier alpha value is -3.86. The maximum atomic E-state index is 5.93. The molecule has 0 aliphatic rings. The van der Waals surface area contributed by atoms with Gasteiger partial charge in [-0.3, -0.25) is 4.98 Å². The van der Waals surface area contributed by atoms with Gasteiger partial charge >= 0.3 is 0 Å². The van der Waals surface area contributed by atoms with Gasteiger partial charge in [0.15, 0.2) is 0 Å². The Balaban J connectivity index is 1.80. The number of fused-ring (bicyclic) bond motifs is 2. The highest BCUT2D eigenvalue weighted by Crippen LogP contribution is 2.30. The Morgan fingerprint density at radius 2 is 1.52 bits per heavy atom. The van der Waals surface area contributed by atoms with E-state index < -0.39 is 0 Å². The summed E-state index contributed by atoms with van der Waals surface area (Å²) in [6, 6.07) is 21.9. The van der Waals surface area contributed by atoms with Crippen molar-refractivity contribution in [1.29, 1.82) is 0 Å². The van der Waals surface area contributed by atoms with E-state index in [4.69, 9.17) is 10.7 Å². The van der Waals surface area contributed by atoms with Crippen LogP contribution in [0.15, 0.2) is 79.1 Å².